The zero-order valence-electron chi connectivity index (χ0n) is 20.9. The van der Waals surface area contributed by atoms with Gasteiger partial charge in [-0.1, -0.05) is 23.2 Å². The predicted octanol–water partition coefficient (Wildman–Crippen LogP) is 2.54. The molecule has 0 unspecified atom stereocenters. The van der Waals surface area contributed by atoms with Gasteiger partial charge in [0.15, 0.2) is 9.84 Å². The van der Waals surface area contributed by atoms with E-state index in [0.29, 0.717) is 4.31 Å². The lowest BCUT2D eigenvalue weighted by molar-refractivity contribution is 0.0685. The van der Waals surface area contributed by atoms with E-state index in [9.17, 15) is 50.2 Å². The number of sulfone groups is 1. The van der Waals surface area contributed by atoms with Crippen LogP contribution in [0.1, 0.15) is 20.7 Å². The first-order chi connectivity index (χ1) is 19.4. The normalized spacial score (nSPS) is 18.4. The molecular weight excluding hydrogens is 659 g/mol. The van der Waals surface area contributed by atoms with Gasteiger partial charge in [-0.25, -0.2) is 34.8 Å². The zero-order chi connectivity index (χ0) is 31.2. The molecule has 0 bridgehead atoms. The highest BCUT2D eigenvalue weighted by Crippen LogP contribution is 2.35. The molecule has 0 aromatic heterocycles. The molecule has 13 nitrogen and oxygen atoms in total. The van der Waals surface area contributed by atoms with Gasteiger partial charge >= 0.3 is 11.9 Å². The number of nitrogens with zero attached hydrogens (tertiary/aromatic N) is 1. The summed E-state index contributed by atoms with van der Waals surface area (Å²) in [5.41, 5.74) is -1.08. The van der Waals surface area contributed by atoms with Crippen molar-refractivity contribution in [3.05, 3.63) is 81.8 Å². The number of halogens is 2. The number of carboxylic acid groups (broad SMARTS) is 2. The highest BCUT2D eigenvalue weighted by molar-refractivity contribution is 7.94. The van der Waals surface area contributed by atoms with E-state index in [2.05, 4.69) is 4.72 Å². The van der Waals surface area contributed by atoms with E-state index >= 15 is 0 Å². The first kappa shape index (κ1) is 31.5. The average Bonchev–Trinajstić information content (AvgIpc) is 3.16. The quantitative estimate of drug-likeness (QED) is 0.258. The molecule has 224 valence electrons. The van der Waals surface area contributed by atoms with Crippen molar-refractivity contribution < 1.29 is 50.2 Å². The Kier molecular flexibility index (Phi) is 8.52. The summed E-state index contributed by atoms with van der Waals surface area (Å²) in [7, 11) is -13.1. The highest BCUT2D eigenvalue weighted by Gasteiger charge is 2.45. The van der Waals surface area contributed by atoms with Crippen LogP contribution < -0.4 is 9.03 Å². The molecule has 3 aromatic rings. The van der Waals surface area contributed by atoms with Crippen molar-refractivity contribution in [3.8, 4) is 0 Å². The summed E-state index contributed by atoms with van der Waals surface area (Å²) < 4.78 is 81.0. The number of aliphatic hydroxyl groups is 1. The fourth-order valence-corrected chi connectivity index (χ4v) is 9.84. The minimum Gasteiger partial charge on any atom is -0.478 e. The summed E-state index contributed by atoms with van der Waals surface area (Å²) in [5.74, 6) is -4.35. The van der Waals surface area contributed by atoms with Crippen molar-refractivity contribution in [2.75, 3.05) is 20.5 Å². The first-order valence-corrected chi connectivity index (χ1v) is 17.0. The average molecular weight is 680 g/mol. The number of hydrogen-bond acceptors (Lipinski definition) is 9. The molecule has 1 heterocycles. The van der Waals surface area contributed by atoms with Crippen molar-refractivity contribution in [1.82, 2.24) is 0 Å². The summed E-state index contributed by atoms with van der Waals surface area (Å²) in [6.45, 7) is 0. The number of carboxylic acids is 2. The van der Waals surface area contributed by atoms with Crippen LogP contribution in [0, 0.1) is 0 Å². The molecule has 4 rings (SSSR count). The predicted molar refractivity (Wildman–Crippen MR) is 152 cm³/mol. The number of aliphatic hydroxyl groups excluding tert-OH is 1. The molecule has 1 aliphatic heterocycles. The third-order valence-corrected chi connectivity index (χ3v) is 12.0. The molecule has 4 N–H and O–H groups in total. The van der Waals surface area contributed by atoms with E-state index < -0.39 is 80.8 Å². The van der Waals surface area contributed by atoms with Crippen LogP contribution >= 0.6 is 23.2 Å². The van der Waals surface area contributed by atoms with Gasteiger partial charge in [-0.2, -0.15) is 0 Å². The lowest BCUT2D eigenvalue weighted by Crippen LogP contribution is -2.47. The van der Waals surface area contributed by atoms with E-state index in [4.69, 9.17) is 23.2 Å². The zero-order valence-corrected chi connectivity index (χ0v) is 24.8. The van der Waals surface area contributed by atoms with Gasteiger partial charge in [0.2, 0.25) is 0 Å². The van der Waals surface area contributed by atoms with Gasteiger partial charge in [-0.15, -0.1) is 0 Å². The second-order valence-corrected chi connectivity index (χ2v) is 15.5. The Hall–Kier alpha value is -3.41. The monoisotopic (exact) mass is 678 g/mol. The van der Waals surface area contributed by atoms with Gasteiger partial charge in [0.05, 0.1) is 50.5 Å². The van der Waals surface area contributed by atoms with Gasteiger partial charge in [-0.3, -0.25) is 9.03 Å². The largest absolute Gasteiger partial charge is 0.478 e. The molecule has 0 amide bonds. The van der Waals surface area contributed by atoms with Crippen molar-refractivity contribution in [2.24, 2.45) is 0 Å². The van der Waals surface area contributed by atoms with Crippen molar-refractivity contribution in [3.63, 3.8) is 0 Å². The Morgan fingerprint density at radius 3 is 1.79 bits per heavy atom. The van der Waals surface area contributed by atoms with E-state index in [1.807, 2.05) is 0 Å². The number of sulfonamides is 2. The number of hydrogen-bond donors (Lipinski definition) is 4. The fourth-order valence-electron chi connectivity index (χ4n) is 4.21. The Labute approximate surface area is 249 Å². The number of aromatic carboxylic acids is 2. The molecular formula is C24H20Cl2N2O11S3. The molecule has 1 fully saturated rings. The van der Waals surface area contributed by atoms with Gasteiger partial charge in [0.1, 0.15) is 9.79 Å². The molecule has 2 atom stereocenters. The molecule has 0 spiro atoms. The van der Waals surface area contributed by atoms with Crippen molar-refractivity contribution in [1.29, 1.82) is 0 Å². The summed E-state index contributed by atoms with van der Waals surface area (Å²) >= 11 is 12.1. The van der Waals surface area contributed by atoms with E-state index in [1.165, 1.54) is 0 Å². The lowest BCUT2D eigenvalue weighted by atomic mass is 10.2. The number of carbonyl (C=O) groups is 2. The van der Waals surface area contributed by atoms with Crippen LogP contribution in [0.2, 0.25) is 10.0 Å². The van der Waals surface area contributed by atoms with Crippen molar-refractivity contribution >= 4 is 76.4 Å². The lowest BCUT2D eigenvalue weighted by Gasteiger charge is -2.32. The van der Waals surface area contributed by atoms with Gasteiger partial charge in [-0.05, 0) is 60.7 Å². The van der Waals surface area contributed by atoms with Crippen LogP contribution in [-0.2, 0) is 29.9 Å². The molecule has 0 saturated carbocycles. The van der Waals surface area contributed by atoms with Gasteiger partial charge in [0, 0.05) is 5.69 Å². The first-order valence-electron chi connectivity index (χ1n) is 11.5. The van der Waals surface area contributed by atoms with Crippen LogP contribution in [0.4, 0.5) is 11.4 Å². The number of anilines is 2. The minimum absolute atomic E-state index is 0.113. The van der Waals surface area contributed by atoms with Crippen LogP contribution in [-0.4, -0.2) is 76.2 Å². The molecule has 1 saturated heterocycles. The van der Waals surface area contributed by atoms with E-state index in [0.717, 1.165) is 60.7 Å². The fraction of sp³-hybridized carbons (Fsp3) is 0.167. The van der Waals surface area contributed by atoms with Crippen LogP contribution in [0.25, 0.3) is 0 Å². The van der Waals surface area contributed by atoms with E-state index in [-0.39, 0.29) is 27.0 Å². The Morgan fingerprint density at radius 1 is 0.810 bits per heavy atom. The van der Waals surface area contributed by atoms with E-state index in [1.54, 1.807) is 0 Å². The number of rotatable bonds is 9. The molecule has 0 radical (unpaired) electrons. The van der Waals surface area contributed by atoms with Gasteiger partial charge < -0.3 is 15.3 Å². The summed E-state index contributed by atoms with van der Waals surface area (Å²) in [6, 6.07) is 8.94. The van der Waals surface area contributed by atoms with Crippen LogP contribution in [0.5, 0.6) is 0 Å². The summed E-state index contributed by atoms with van der Waals surface area (Å²) in [6.07, 6.45) is -1.66. The number of nitrogens with one attached hydrogen (secondary N) is 1. The minimum atomic E-state index is -4.81. The van der Waals surface area contributed by atoms with Crippen LogP contribution in [0.3, 0.4) is 0 Å². The van der Waals surface area contributed by atoms with Crippen LogP contribution in [0.15, 0.2) is 70.5 Å². The summed E-state index contributed by atoms with van der Waals surface area (Å²) in [5, 5.41) is 28.4. The smallest absolute Gasteiger partial charge is 0.335 e. The SMILES string of the molecule is O=C(O)c1ccc(Cl)c(S(=O)(=O)Nc2ccc(N([C@H]3CS(=O)(=O)C[C@@H]3O)S(=O)(=O)c3cc(C(=O)O)ccc3Cl)cc2)c1. The molecule has 0 aliphatic carbocycles. The highest BCUT2D eigenvalue weighted by atomic mass is 35.5. The maximum atomic E-state index is 13.9. The standard InChI is InChI=1S/C24H20Cl2N2O11S3/c25-17-7-1-13(23(30)31)9-21(17)41(36,37)27-15-3-5-16(6-4-15)28(19-11-40(34,35)12-20(19)29)42(38,39)22-10-14(24(32)33)2-8-18(22)26/h1-10,19-20,27,29H,11-12H2,(H,30,31)(H,32,33)/t19-,20-/m0/s1. The third-order valence-electron chi connectivity index (χ3n) is 6.15. The maximum Gasteiger partial charge on any atom is 0.335 e. The maximum absolute atomic E-state index is 13.9. The molecule has 18 heteroatoms. The number of benzene rings is 3. The summed E-state index contributed by atoms with van der Waals surface area (Å²) in [4.78, 5) is 21.6. The topological polar surface area (TPSA) is 213 Å². The second kappa shape index (κ2) is 11.3. The Balaban J connectivity index is 1.77. The third kappa shape index (κ3) is 6.33. The Morgan fingerprint density at radius 2 is 1.31 bits per heavy atom. The molecule has 3 aromatic carbocycles. The molecule has 1 aliphatic rings. The second-order valence-electron chi connectivity index (χ2n) is 9.07. The Bertz CT molecular complexity index is 1910. The van der Waals surface area contributed by atoms with Crippen molar-refractivity contribution in [2.45, 2.75) is 21.9 Å². The molecule has 42 heavy (non-hydrogen) atoms. The van der Waals surface area contributed by atoms with Gasteiger partial charge in [0.25, 0.3) is 20.0 Å².